The summed E-state index contributed by atoms with van der Waals surface area (Å²) >= 11 is 0. The third kappa shape index (κ3) is 4.69. The Hall–Kier alpha value is -2.20. The Kier molecular flexibility index (Phi) is 6.00. The van der Waals surface area contributed by atoms with Crippen LogP contribution in [0.1, 0.15) is 36.1 Å². The number of hydrogen-bond acceptors (Lipinski definition) is 3. The molecular weight excluding hydrogens is 360 g/mol. The van der Waals surface area contributed by atoms with E-state index in [2.05, 4.69) is 63.4 Å². The van der Waals surface area contributed by atoms with E-state index in [1.54, 1.807) is 0 Å². The highest BCUT2D eigenvalue weighted by atomic mass is 16.6. The summed E-state index contributed by atoms with van der Waals surface area (Å²) in [5.41, 5.74) is 4.92. The summed E-state index contributed by atoms with van der Waals surface area (Å²) in [6, 6.07) is 16.7. The molecule has 6 atom stereocenters. The fourth-order valence-electron chi connectivity index (χ4n) is 4.23. The zero-order valence-corrected chi connectivity index (χ0v) is 17.3. The van der Waals surface area contributed by atoms with Crippen LogP contribution in [0.4, 0.5) is 0 Å². The predicted octanol–water partition coefficient (Wildman–Crippen LogP) is 5.09. The van der Waals surface area contributed by atoms with Crippen molar-refractivity contribution in [2.75, 3.05) is 0 Å². The summed E-state index contributed by atoms with van der Waals surface area (Å²) in [7, 11) is 0. The SMILES string of the molecule is C=Cc1ccccc1CC1OC1C(C)OC(C)C1OC1Cc1ccccc1C=C. The maximum atomic E-state index is 6.26. The van der Waals surface area contributed by atoms with Crippen molar-refractivity contribution in [1.29, 1.82) is 0 Å². The third-order valence-electron chi connectivity index (χ3n) is 5.99. The quantitative estimate of drug-likeness (QED) is 0.530. The molecule has 0 aliphatic carbocycles. The second-order valence-corrected chi connectivity index (χ2v) is 8.04. The lowest BCUT2D eigenvalue weighted by molar-refractivity contribution is -0.0188. The van der Waals surface area contributed by atoms with Gasteiger partial charge in [0.15, 0.2) is 0 Å². The Balaban J connectivity index is 1.25. The van der Waals surface area contributed by atoms with Crippen LogP contribution in [0.3, 0.4) is 0 Å². The molecule has 4 rings (SSSR count). The molecule has 2 aromatic carbocycles. The van der Waals surface area contributed by atoms with Crippen molar-refractivity contribution in [3.05, 3.63) is 83.9 Å². The van der Waals surface area contributed by atoms with E-state index in [4.69, 9.17) is 14.2 Å². The minimum atomic E-state index is 0.0520. The van der Waals surface area contributed by atoms with Gasteiger partial charge in [-0.2, -0.15) is 0 Å². The molecule has 2 aliphatic heterocycles. The van der Waals surface area contributed by atoms with Crippen molar-refractivity contribution in [2.24, 2.45) is 0 Å². The Bertz CT molecular complexity index is 802. The third-order valence-corrected chi connectivity index (χ3v) is 5.99. The Morgan fingerprint density at radius 2 is 1.21 bits per heavy atom. The highest BCUT2D eigenvalue weighted by Crippen LogP contribution is 2.35. The average molecular weight is 391 g/mol. The van der Waals surface area contributed by atoms with Crippen molar-refractivity contribution < 1.29 is 14.2 Å². The molecule has 3 nitrogen and oxygen atoms in total. The van der Waals surface area contributed by atoms with Crippen LogP contribution in [0, 0.1) is 0 Å². The zero-order chi connectivity index (χ0) is 20.4. The van der Waals surface area contributed by atoms with Crippen LogP contribution in [0.5, 0.6) is 0 Å². The van der Waals surface area contributed by atoms with Crippen molar-refractivity contribution >= 4 is 12.2 Å². The van der Waals surface area contributed by atoms with Crippen molar-refractivity contribution in [2.45, 2.75) is 63.3 Å². The molecule has 0 spiro atoms. The molecular formula is C26H30O3. The summed E-state index contributed by atoms with van der Waals surface area (Å²) in [5, 5.41) is 0. The Labute approximate surface area is 174 Å². The molecule has 0 N–H and O–H groups in total. The molecule has 0 bridgehead atoms. The van der Waals surface area contributed by atoms with Crippen molar-refractivity contribution in [3.63, 3.8) is 0 Å². The first-order chi connectivity index (χ1) is 14.1. The molecule has 2 saturated heterocycles. The number of hydrogen-bond donors (Lipinski definition) is 0. The van der Waals surface area contributed by atoms with Crippen LogP contribution in [-0.2, 0) is 27.1 Å². The predicted molar refractivity (Wildman–Crippen MR) is 118 cm³/mol. The van der Waals surface area contributed by atoms with Gasteiger partial charge >= 0.3 is 0 Å². The maximum Gasteiger partial charge on any atom is 0.110 e. The van der Waals surface area contributed by atoms with Gasteiger partial charge in [0.05, 0.1) is 24.4 Å². The van der Waals surface area contributed by atoms with Gasteiger partial charge in [0, 0.05) is 12.8 Å². The van der Waals surface area contributed by atoms with Gasteiger partial charge in [-0.3, -0.25) is 0 Å². The lowest BCUT2D eigenvalue weighted by atomic mass is 10.0. The van der Waals surface area contributed by atoms with Crippen LogP contribution in [0.2, 0.25) is 0 Å². The number of ether oxygens (including phenoxy) is 3. The highest BCUT2D eigenvalue weighted by Gasteiger charge is 2.48. The summed E-state index contributed by atoms with van der Waals surface area (Å²) in [6.45, 7) is 12.0. The standard InChI is InChI=1S/C26H30O3/c1-5-19-11-7-9-13-21(19)15-23-25(28-23)17(3)27-18(4)26-24(29-26)16-22-14-10-8-12-20(22)6-2/h5-14,17-18,23-26H,1-2,15-16H2,3-4H3. The summed E-state index contributed by atoms with van der Waals surface area (Å²) in [5.74, 6) is 0. The lowest BCUT2D eigenvalue weighted by Gasteiger charge is -2.16. The van der Waals surface area contributed by atoms with E-state index in [1.165, 1.54) is 22.3 Å². The van der Waals surface area contributed by atoms with Gasteiger partial charge in [0.2, 0.25) is 0 Å². The molecule has 2 aliphatic rings. The van der Waals surface area contributed by atoms with Gasteiger partial charge in [0.1, 0.15) is 12.2 Å². The van der Waals surface area contributed by atoms with Crippen LogP contribution >= 0.6 is 0 Å². The largest absolute Gasteiger partial charge is 0.370 e. The van der Waals surface area contributed by atoms with Crippen LogP contribution in [0.15, 0.2) is 61.7 Å². The first-order valence-electron chi connectivity index (χ1n) is 10.5. The molecule has 2 fully saturated rings. The minimum absolute atomic E-state index is 0.0520. The van der Waals surface area contributed by atoms with E-state index in [9.17, 15) is 0 Å². The van der Waals surface area contributed by atoms with Gasteiger partial charge < -0.3 is 14.2 Å². The highest BCUT2D eigenvalue weighted by molar-refractivity contribution is 5.52. The fraction of sp³-hybridized carbons (Fsp3) is 0.385. The van der Waals surface area contributed by atoms with Gasteiger partial charge in [0.25, 0.3) is 0 Å². The Morgan fingerprint density at radius 3 is 1.62 bits per heavy atom. The van der Waals surface area contributed by atoms with Crippen LogP contribution in [-0.4, -0.2) is 36.6 Å². The second kappa shape index (κ2) is 8.66. The normalized spacial score (nSPS) is 27.1. The number of epoxide rings is 2. The lowest BCUT2D eigenvalue weighted by Crippen LogP contribution is -2.28. The summed E-state index contributed by atoms with van der Waals surface area (Å²) < 4.78 is 18.1. The summed E-state index contributed by atoms with van der Waals surface area (Å²) in [4.78, 5) is 0. The Morgan fingerprint density at radius 1 is 0.793 bits per heavy atom. The molecule has 152 valence electrons. The van der Waals surface area contributed by atoms with Gasteiger partial charge in [-0.05, 0) is 36.1 Å². The number of rotatable bonds is 10. The molecule has 0 radical (unpaired) electrons. The molecule has 2 heterocycles. The molecule has 0 aromatic heterocycles. The van der Waals surface area contributed by atoms with Crippen LogP contribution in [0.25, 0.3) is 12.2 Å². The maximum absolute atomic E-state index is 6.26. The molecule has 6 unspecified atom stereocenters. The van der Waals surface area contributed by atoms with E-state index in [-0.39, 0.29) is 36.6 Å². The van der Waals surface area contributed by atoms with Gasteiger partial charge in [-0.1, -0.05) is 73.8 Å². The number of benzene rings is 2. The molecule has 0 saturated carbocycles. The molecule has 2 aromatic rings. The first kappa shape index (κ1) is 20.1. The fourth-order valence-corrected chi connectivity index (χ4v) is 4.23. The monoisotopic (exact) mass is 390 g/mol. The van der Waals surface area contributed by atoms with Gasteiger partial charge in [-0.25, -0.2) is 0 Å². The van der Waals surface area contributed by atoms with E-state index >= 15 is 0 Å². The smallest absolute Gasteiger partial charge is 0.110 e. The first-order valence-corrected chi connectivity index (χ1v) is 10.5. The van der Waals surface area contributed by atoms with Crippen molar-refractivity contribution in [1.82, 2.24) is 0 Å². The van der Waals surface area contributed by atoms with E-state index < -0.39 is 0 Å². The van der Waals surface area contributed by atoms with E-state index in [0.717, 1.165) is 12.8 Å². The van der Waals surface area contributed by atoms with Crippen molar-refractivity contribution in [3.8, 4) is 0 Å². The minimum Gasteiger partial charge on any atom is -0.370 e. The molecule has 29 heavy (non-hydrogen) atoms. The topological polar surface area (TPSA) is 34.3 Å². The summed E-state index contributed by atoms with van der Waals surface area (Å²) in [6.07, 6.45) is 6.44. The molecule has 0 amide bonds. The second-order valence-electron chi connectivity index (χ2n) is 8.04. The average Bonchev–Trinajstić information content (AvgIpc) is 3.65. The van der Waals surface area contributed by atoms with E-state index in [0.29, 0.717) is 0 Å². The van der Waals surface area contributed by atoms with Gasteiger partial charge in [-0.15, -0.1) is 0 Å². The molecule has 3 heteroatoms. The zero-order valence-electron chi connectivity index (χ0n) is 17.3. The van der Waals surface area contributed by atoms with Crippen LogP contribution < -0.4 is 0 Å². The van der Waals surface area contributed by atoms with E-state index in [1.807, 2.05) is 24.3 Å².